The molecule has 2 N–H and O–H groups in total. The SMILES string of the molecule is CCc1c(C#N)cc2ccccc2c1C(=O)NCC1(c2ccc(F)cc2)CCNCC1. The lowest BCUT2D eigenvalue weighted by Gasteiger charge is -2.38. The van der Waals surface area contributed by atoms with Gasteiger partial charge in [0.25, 0.3) is 5.91 Å². The van der Waals surface area contributed by atoms with E-state index in [4.69, 9.17) is 0 Å². The van der Waals surface area contributed by atoms with Gasteiger partial charge in [-0.25, -0.2) is 4.39 Å². The van der Waals surface area contributed by atoms with Crippen molar-refractivity contribution in [3.63, 3.8) is 0 Å². The van der Waals surface area contributed by atoms with Gasteiger partial charge in [-0.1, -0.05) is 43.3 Å². The summed E-state index contributed by atoms with van der Waals surface area (Å²) in [6.45, 7) is 4.13. The van der Waals surface area contributed by atoms with Gasteiger partial charge in [0.1, 0.15) is 5.82 Å². The fraction of sp³-hybridized carbons (Fsp3) is 0.308. The molecule has 0 atom stereocenters. The van der Waals surface area contributed by atoms with E-state index in [0.717, 1.165) is 47.8 Å². The van der Waals surface area contributed by atoms with Crippen LogP contribution in [0.1, 0.15) is 46.8 Å². The van der Waals surface area contributed by atoms with Crippen LogP contribution in [0.15, 0.2) is 54.6 Å². The molecule has 0 unspecified atom stereocenters. The van der Waals surface area contributed by atoms with Crippen LogP contribution in [0.25, 0.3) is 10.8 Å². The summed E-state index contributed by atoms with van der Waals surface area (Å²) in [5, 5.41) is 17.9. The zero-order valence-electron chi connectivity index (χ0n) is 17.7. The molecule has 1 heterocycles. The lowest BCUT2D eigenvalue weighted by Crippen LogP contribution is -2.47. The van der Waals surface area contributed by atoms with Gasteiger partial charge < -0.3 is 10.6 Å². The van der Waals surface area contributed by atoms with Crippen LogP contribution in [0, 0.1) is 17.1 Å². The summed E-state index contributed by atoms with van der Waals surface area (Å²) in [5.41, 5.74) is 2.70. The van der Waals surface area contributed by atoms with Gasteiger partial charge in [-0.2, -0.15) is 5.26 Å². The van der Waals surface area contributed by atoms with Crippen LogP contribution < -0.4 is 10.6 Å². The number of rotatable bonds is 5. The molecule has 0 bridgehead atoms. The first kappa shape index (κ1) is 21.0. The van der Waals surface area contributed by atoms with Gasteiger partial charge >= 0.3 is 0 Å². The summed E-state index contributed by atoms with van der Waals surface area (Å²) in [6, 6.07) is 18.4. The van der Waals surface area contributed by atoms with Crippen molar-refractivity contribution in [3.8, 4) is 6.07 Å². The number of hydrogen-bond acceptors (Lipinski definition) is 3. The molecule has 1 aliphatic heterocycles. The number of nitrogens with one attached hydrogen (secondary N) is 2. The fourth-order valence-corrected chi connectivity index (χ4v) is 4.73. The molecule has 4 nitrogen and oxygen atoms in total. The topological polar surface area (TPSA) is 64.9 Å². The minimum atomic E-state index is -0.260. The number of benzene rings is 3. The molecule has 1 fully saturated rings. The van der Waals surface area contributed by atoms with Gasteiger partial charge in [-0.15, -0.1) is 0 Å². The number of carbonyl (C=O) groups excluding carboxylic acids is 1. The normalized spacial score (nSPS) is 15.4. The van der Waals surface area contributed by atoms with Crippen molar-refractivity contribution in [2.45, 2.75) is 31.6 Å². The number of piperidine rings is 1. The molecule has 0 saturated carbocycles. The first-order valence-corrected chi connectivity index (χ1v) is 10.8. The highest BCUT2D eigenvalue weighted by Crippen LogP contribution is 2.34. The third-order valence-electron chi connectivity index (χ3n) is 6.46. The average molecular weight is 416 g/mol. The maximum absolute atomic E-state index is 13.5. The third kappa shape index (κ3) is 4.04. The highest BCUT2D eigenvalue weighted by atomic mass is 19.1. The molecule has 0 spiro atoms. The van der Waals surface area contributed by atoms with Crippen molar-refractivity contribution in [3.05, 3.63) is 82.7 Å². The van der Waals surface area contributed by atoms with Crippen LogP contribution in [0.2, 0.25) is 0 Å². The summed E-state index contributed by atoms with van der Waals surface area (Å²) < 4.78 is 13.5. The standard InChI is InChI=1S/C26H26FN3O/c1-2-22-19(16-28)15-18-5-3-4-6-23(18)24(22)25(31)30-17-26(11-13-29-14-12-26)20-7-9-21(27)10-8-20/h3-10,15,29H,2,11-14,17H2,1H3,(H,30,31). The molecule has 5 heteroatoms. The van der Waals surface area contributed by atoms with Gasteiger partial charge in [0.05, 0.1) is 17.2 Å². The van der Waals surface area contributed by atoms with Gasteiger partial charge in [0.15, 0.2) is 0 Å². The number of nitrogens with zero attached hydrogens (tertiary/aromatic N) is 1. The number of hydrogen-bond donors (Lipinski definition) is 2. The van der Waals surface area contributed by atoms with Crippen LogP contribution >= 0.6 is 0 Å². The predicted octanol–water partition coefficient (Wildman–Crippen LogP) is 4.46. The van der Waals surface area contributed by atoms with Crippen LogP contribution in [0.5, 0.6) is 0 Å². The molecule has 1 amide bonds. The number of fused-ring (bicyclic) bond motifs is 1. The number of amides is 1. The summed E-state index contributed by atoms with van der Waals surface area (Å²) in [6.07, 6.45) is 2.32. The summed E-state index contributed by atoms with van der Waals surface area (Å²) >= 11 is 0. The van der Waals surface area contributed by atoms with Crippen LogP contribution in [0.4, 0.5) is 4.39 Å². The maximum Gasteiger partial charge on any atom is 0.252 e. The number of halogens is 1. The van der Waals surface area contributed by atoms with Crippen molar-refractivity contribution in [2.24, 2.45) is 0 Å². The monoisotopic (exact) mass is 415 g/mol. The molecule has 158 valence electrons. The predicted molar refractivity (Wildman–Crippen MR) is 121 cm³/mol. The second-order valence-corrected chi connectivity index (χ2v) is 8.18. The largest absolute Gasteiger partial charge is 0.351 e. The Balaban J connectivity index is 1.70. The van der Waals surface area contributed by atoms with Crippen LogP contribution in [0.3, 0.4) is 0 Å². The Bertz CT molecular complexity index is 1140. The van der Waals surface area contributed by atoms with E-state index in [0.29, 0.717) is 24.1 Å². The lowest BCUT2D eigenvalue weighted by molar-refractivity contribution is 0.0938. The number of nitriles is 1. The minimum absolute atomic E-state index is 0.162. The first-order chi connectivity index (χ1) is 15.1. The zero-order chi connectivity index (χ0) is 21.8. The minimum Gasteiger partial charge on any atom is -0.351 e. The van der Waals surface area contributed by atoms with Crippen molar-refractivity contribution in [1.82, 2.24) is 10.6 Å². The smallest absolute Gasteiger partial charge is 0.252 e. The molecule has 0 radical (unpaired) electrons. The second kappa shape index (κ2) is 8.87. The second-order valence-electron chi connectivity index (χ2n) is 8.18. The van der Waals surface area contributed by atoms with E-state index in [1.807, 2.05) is 49.4 Å². The third-order valence-corrected chi connectivity index (χ3v) is 6.46. The van der Waals surface area contributed by atoms with Gasteiger partial charge in [-0.3, -0.25) is 4.79 Å². The maximum atomic E-state index is 13.5. The van der Waals surface area contributed by atoms with E-state index < -0.39 is 0 Å². The van der Waals surface area contributed by atoms with Crippen molar-refractivity contribution in [2.75, 3.05) is 19.6 Å². The Morgan fingerprint density at radius 3 is 2.55 bits per heavy atom. The molecule has 1 saturated heterocycles. The van der Waals surface area contributed by atoms with E-state index in [9.17, 15) is 14.4 Å². The Labute approximate surface area is 182 Å². The van der Waals surface area contributed by atoms with Crippen LogP contribution in [-0.4, -0.2) is 25.5 Å². The molecule has 3 aromatic rings. The molecular weight excluding hydrogens is 389 g/mol. The molecule has 3 aromatic carbocycles. The molecule has 31 heavy (non-hydrogen) atoms. The molecule has 4 rings (SSSR count). The summed E-state index contributed by atoms with van der Waals surface area (Å²) in [4.78, 5) is 13.5. The Kier molecular flexibility index (Phi) is 6.01. The average Bonchev–Trinajstić information content (AvgIpc) is 2.82. The van der Waals surface area contributed by atoms with Crippen molar-refractivity contribution >= 4 is 16.7 Å². The van der Waals surface area contributed by atoms with E-state index in [2.05, 4.69) is 16.7 Å². The lowest BCUT2D eigenvalue weighted by atomic mass is 9.73. The Morgan fingerprint density at radius 1 is 1.16 bits per heavy atom. The molecular formula is C26H26FN3O. The number of carbonyl (C=O) groups is 1. The van der Waals surface area contributed by atoms with E-state index in [1.165, 1.54) is 12.1 Å². The van der Waals surface area contributed by atoms with Crippen molar-refractivity contribution < 1.29 is 9.18 Å². The Hall–Kier alpha value is -3.23. The molecule has 0 aliphatic carbocycles. The first-order valence-electron chi connectivity index (χ1n) is 10.8. The Morgan fingerprint density at radius 2 is 1.87 bits per heavy atom. The van der Waals surface area contributed by atoms with Crippen molar-refractivity contribution in [1.29, 1.82) is 5.26 Å². The molecule has 1 aliphatic rings. The van der Waals surface area contributed by atoms with E-state index in [1.54, 1.807) is 0 Å². The van der Waals surface area contributed by atoms with Crippen LogP contribution in [-0.2, 0) is 11.8 Å². The fourth-order valence-electron chi connectivity index (χ4n) is 4.73. The summed E-state index contributed by atoms with van der Waals surface area (Å²) in [7, 11) is 0. The van der Waals surface area contributed by atoms with Gasteiger partial charge in [-0.05, 0) is 72.5 Å². The quantitative estimate of drug-likeness (QED) is 0.646. The summed E-state index contributed by atoms with van der Waals surface area (Å²) in [5.74, 6) is -0.422. The van der Waals surface area contributed by atoms with Gasteiger partial charge in [0, 0.05) is 12.0 Å². The highest BCUT2D eigenvalue weighted by molar-refractivity contribution is 6.09. The highest BCUT2D eigenvalue weighted by Gasteiger charge is 2.34. The van der Waals surface area contributed by atoms with E-state index >= 15 is 0 Å². The van der Waals surface area contributed by atoms with E-state index in [-0.39, 0.29) is 17.1 Å². The molecule has 0 aromatic heterocycles. The van der Waals surface area contributed by atoms with Gasteiger partial charge in [0.2, 0.25) is 0 Å². The zero-order valence-corrected chi connectivity index (χ0v) is 17.7.